The van der Waals surface area contributed by atoms with Crippen molar-refractivity contribution in [2.24, 2.45) is 0 Å². The molecule has 0 aliphatic carbocycles. The van der Waals surface area contributed by atoms with Crippen LogP contribution in [0.1, 0.15) is 0 Å². The molecule has 0 unspecified atom stereocenters. The Bertz CT molecular complexity index is 33.8. The second-order valence-electron chi connectivity index (χ2n) is 0.250. The average molecular weight is 179 g/mol. The van der Waals surface area contributed by atoms with E-state index in [1.165, 1.54) is 0 Å². The van der Waals surface area contributed by atoms with Crippen LogP contribution in [0.5, 0.6) is 0 Å². The van der Waals surface area contributed by atoms with Crippen molar-refractivity contribution in [2.45, 2.75) is 0 Å². The fraction of sp³-hybridized carbons (Fsp3) is 0. The molecule has 0 saturated heterocycles. The average Bonchev–Trinajstić information content (AvgIpc) is 0.811. The van der Waals surface area contributed by atoms with Crippen LogP contribution in [0.3, 0.4) is 0 Å². The summed E-state index contributed by atoms with van der Waals surface area (Å²) in [5, 5.41) is 16.7. The molecule has 0 N–H and O–H groups in total. The number of hydrogen-bond acceptors (Lipinski definition) is 3. The summed E-state index contributed by atoms with van der Waals surface area (Å²) in [6.45, 7) is 0. The van der Waals surface area contributed by atoms with Gasteiger partial charge in [0.2, 0.25) is 0 Å². The van der Waals surface area contributed by atoms with Gasteiger partial charge in [-0.05, 0) is 6.16 Å². The van der Waals surface area contributed by atoms with Gasteiger partial charge in [0.15, 0.2) is 0 Å². The molecule has 5 heteroatoms. The summed E-state index contributed by atoms with van der Waals surface area (Å²) in [6, 6.07) is 0. The van der Waals surface area contributed by atoms with E-state index in [1.807, 2.05) is 0 Å². The first-order valence-electron chi connectivity index (χ1n) is 0.612. The predicted octanol–water partition coefficient (Wildman–Crippen LogP) is -8.44. The van der Waals surface area contributed by atoms with Crippen molar-refractivity contribution < 1.29 is 83.4 Å². The van der Waals surface area contributed by atoms with Gasteiger partial charge in [-0.1, -0.05) is 0 Å². The van der Waals surface area contributed by atoms with Gasteiger partial charge < -0.3 is 32.0 Å². The third kappa shape index (κ3) is 53.9. The van der Waals surface area contributed by atoms with E-state index < -0.39 is 6.16 Å². The smallest absolute Gasteiger partial charge is 1.00 e. The fourth-order valence-corrected chi connectivity index (χ4v) is 0. The van der Waals surface area contributed by atoms with Crippen LogP contribution in [0.25, 0.3) is 0 Å². The molecule has 0 saturated carbocycles. The Balaban J connectivity index is -0.0000000450. The predicted molar refractivity (Wildman–Crippen MR) is 5.40 cm³/mol. The van der Waals surface area contributed by atoms with E-state index in [4.69, 9.17) is 15.0 Å². The van der Waals surface area contributed by atoms with Crippen LogP contribution in [0.2, 0.25) is 0 Å². The monoisotopic (exact) mass is 178 g/mol. The summed E-state index contributed by atoms with van der Waals surface area (Å²) in [4.78, 5) is 8.33. The van der Waals surface area contributed by atoms with Crippen LogP contribution < -0.4 is 78.6 Å². The molecular weight excluding hydrogens is 179 g/mol. The van der Waals surface area contributed by atoms with Crippen LogP contribution in [0, 0.1) is 0 Å². The number of carboxylic acid groups (broad SMARTS) is 2. The molecule has 0 spiro atoms. The van der Waals surface area contributed by atoms with Crippen molar-refractivity contribution in [3.05, 3.63) is 0 Å². The Morgan fingerprint density at radius 2 is 1.33 bits per heavy atom. The minimum atomic E-state index is -2.33. The Kier molecular flexibility index (Phi) is 25.1. The second-order valence-corrected chi connectivity index (χ2v) is 0.250. The van der Waals surface area contributed by atoms with Gasteiger partial charge >= 0.3 is 51.4 Å². The third-order valence-electron chi connectivity index (χ3n) is 0. The van der Waals surface area contributed by atoms with Crippen molar-refractivity contribution >= 4 is 6.16 Å². The number of hydrogen-bond donors (Lipinski definition) is 0. The zero-order valence-electron chi connectivity index (χ0n) is 3.10. The molecule has 0 fully saturated rings. The second kappa shape index (κ2) is 9.63. The topological polar surface area (TPSA) is 63.2 Å². The Morgan fingerprint density at radius 1 is 1.33 bits per heavy atom. The van der Waals surface area contributed by atoms with E-state index in [1.54, 1.807) is 0 Å². The summed E-state index contributed by atoms with van der Waals surface area (Å²) < 4.78 is 0. The van der Waals surface area contributed by atoms with E-state index >= 15 is 0 Å². The minimum Gasteiger partial charge on any atom is -1.00 e. The SMILES string of the molecule is O=C([O-])[O-].[Br-].[K+]. The number of rotatable bonds is 0. The molecule has 0 aliphatic rings. The first-order valence-corrected chi connectivity index (χ1v) is 0.612. The molecule has 0 bridgehead atoms. The summed E-state index contributed by atoms with van der Waals surface area (Å²) >= 11 is 0. The van der Waals surface area contributed by atoms with Crippen molar-refractivity contribution in [3.63, 3.8) is 0 Å². The third-order valence-corrected chi connectivity index (χ3v) is 0. The van der Waals surface area contributed by atoms with E-state index in [-0.39, 0.29) is 68.4 Å². The Hall–Kier alpha value is 1.39. The number of carbonyl (C=O) groups is 1. The maximum Gasteiger partial charge on any atom is 1.00 e. The molecule has 0 rings (SSSR count). The maximum absolute atomic E-state index is 8.33. The molecule has 0 aromatic heterocycles. The van der Waals surface area contributed by atoms with Gasteiger partial charge in [0, 0.05) is 0 Å². The van der Waals surface area contributed by atoms with Gasteiger partial charge in [0.1, 0.15) is 0 Å². The van der Waals surface area contributed by atoms with Gasteiger partial charge in [0.05, 0.1) is 0 Å². The van der Waals surface area contributed by atoms with Gasteiger partial charge in [-0.25, -0.2) is 0 Å². The molecule has 0 aromatic rings. The maximum atomic E-state index is 8.33. The zero-order chi connectivity index (χ0) is 3.58. The fourth-order valence-electron chi connectivity index (χ4n) is 0. The van der Waals surface area contributed by atoms with Crippen LogP contribution >= 0.6 is 0 Å². The van der Waals surface area contributed by atoms with Gasteiger partial charge in [-0.3, -0.25) is 0 Å². The normalized spacial score (nSPS) is 4.00. The van der Waals surface area contributed by atoms with E-state index in [9.17, 15) is 0 Å². The molecule has 6 heavy (non-hydrogen) atoms. The van der Waals surface area contributed by atoms with Crippen molar-refractivity contribution in [2.75, 3.05) is 0 Å². The largest absolute Gasteiger partial charge is 1.00 e. The Labute approximate surface area is 87.9 Å². The molecule has 32 valence electrons. The Morgan fingerprint density at radius 3 is 1.33 bits per heavy atom. The summed E-state index contributed by atoms with van der Waals surface area (Å²) in [6.07, 6.45) is -2.33. The van der Waals surface area contributed by atoms with Crippen LogP contribution in [0.4, 0.5) is 4.79 Å². The molecule has 0 atom stereocenters. The quantitative estimate of drug-likeness (QED) is 0.347. The van der Waals surface area contributed by atoms with Crippen LogP contribution in [-0.4, -0.2) is 6.16 Å². The van der Waals surface area contributed by atoms with Gasteiger partial charge in [-0.2, -0.15) is 0 Å². The van der Waals surface area contributed by atoms with E-state index in [2.05, 4.69) is 0 Å². The standard InChI is InChI=1S/CH2O3.BrH.K/c2-1(3)4;;/h(H2,2,3,4);1H;/q;;+1/p-3. The van der Waals surface area contributed by atoms with Crippen molar-refractivity contribution in [1.29, 1.82) is 0 Å². The van der Waals surface area contributed by atoms with E-state index in [0.29, 0.717) is 0 Å². The number of halogens is 1. The number of carbonyl (C=O) groups excluding carboxylic acids is 1. The summed E-state index contributed by atoms with van der Waals surface area (Å²) in [5.74, 6) is 0. The molecule has 0 radical (unpaired) electrons. The van der Waals surface area contributed by atoms with Crippen molar-refractivity contribution in [3.8, 4) is 0 Å². The molecule has 0 aromatic carbocycles. The van der Waals surface area contributed by atoms with Gasteiger partial charge in [-0.15, -0.1) is 0 Å². The molecule has 3 nitrogen and oxygen atoms in total. The molecule has 0 heterocycles. The minimum absolute atomic E-state index is 0. The first-order chi connectivity index (χ1) is 1.73. The summed E-state index contributed by atoms with van der Waals surface area (Å²) in [5.41, 5.74) is 0. The molecule has 0 amide bonds. The van der Waals surface area contributed by atoms with Crippen molar-refractivity contribution in [1.82, 2.24) is 0 Å². The zero-order valence-corrected chi connectivity index (χ0v) is 7.81. The first kappa shape index (κ1) is 15.7. The molecular formula is CBrKO3-2. The van der Waals surface area contributed by atoms with E-state index in [0.717, 1.165) is 0 Å². The van der Waals surface area contributed by atoms with Crippen LogP contribution in [-0.2, 0) is 0 Å². The summed E-state index contributed by atoms with van der Waals surface area (Å²) in [7, 11) is 0. The van der Waals surface area contributed by atoms with Crippen LogP contribution in [0.15, 0.2) is 0 Å². The molecule has 0 aliphatic heterocycles. The van der Waals surface area contributed by atoms with Gasteiger partial charge in [0.25, 0.3) is 0 Å².